The zero-order chi connectivity index (χ0) is 46.9. The van der Waals surface area contributed by atoms with E-state index in [4.69, 9.17) is 60.5 Å². The van der Waals surface area contributed by atoms with Crippen LogP contribution in [0.25, 0.3) is 32.7 Å². The first-order valence-corrected chi connectivity index (χ1v) is 22.8. The van der Waals surface area contributed by atoms with Gasteiger partial charge in [-0.2, -0.15) is 9.97 Å². The van der Waals surface area contributed by atoms with Gasteiger partial charge in [0.15, 0.2) is 34.8 Å². The molecule has 8 aromatic rings. The lowest BCUT2D eigenvalue weighted by atomic mass is 9.81. The average Bonchev–Trinajstić information content (AvgIpc) is 4.03. The van der Waals surface area contributed by atoms with E-state index in [0.717, 1.165) is 52.7 Å². The van der Waals surface area contributed by atoms with Gasteiger partial charge in [0.1, 0.15) is 17.4 Å². The van der Waals surface area contributed by atoms with Crippen molar-refractivity contribution in [2.75, 3.05) is 35.5 Å². The third-order valence-electron chi connectivity index (χ3n) is 11.4. The minimum absolute atomic E-state index is 0.0921. The summed E-state index contributed by atoms with van der Waals surface area (Å²) in [6.45, 7) is 0.439. The Bertz CT molecular complexity index is 3250. The Hall–Kier alpha value is -6.79. The number of fused-ring (bicyclic) bond motifs is 6. The van der Waals surface area contributed by atoms with Crippen molar-refractivity contribution in [1.29, 1.82) is 0 Å². The van der Waals surface area contributed by atoms with Gasteiger partial charge in [-0.25, -0.2) is 0 Å². The molecule has 67 heavy (non-hydrogen) atoms. The molecule has 2 aliphatic heterocycles. The summed E-state index contributed by atoms with van der Waals surface area (Å²) in [5.74, 6) is 4.97. The fourth-order valence-corrected chi connectivity index (χ4v) is 9.87. The second kappa shape index (κ2) is 19.2. The van der Waals surface area contributed by atoms with E-state index >= 15 is 0 Å². The van der Waals surface area contributed by atoms with Gasteiger partial charge in [-0.3, -0.25) is 0 Å². The third kappa shape index (κ3) is 8.36. The molecule has 2 unspecified atom stereocenters. The van der Waals surface area contributed by atoms with Crippen LogP contribution in [0, 0.1) is 0 Å². The molecule has 18 heteroatoms. The summed E-state index contributed by atoms with van der Waals surface area (Å²) < 4.78 is 46.8. The normalized spacial score (nSPS) is 15.3. The maximum atomic E-state index is 6.54. The number of hydrogen-bond donors (Lipinski definition) is 3. The molecular weight excluding hydrogens is 1010 g/mol. The van der Waals surface area contributed by atoms with E-state index in [-0.39, 0.29) is 29.5 Å². The Morgan fingerprint density at radius 2 is 1.06 bits per heavy atom. The molecule has 2 atom stereocenters. The standard InChI is InChI=1S/C25H23BrN4O4.C24H19BrClN3O4/c1-28-12-19-29-25(30-34-19)21-20(14-10-17(26)23(32-3)18(11-14)31-2)16-9-8-13-6-4-5-7-15(13)22(16)33-24(21)27;1-30-17-10-13(9-16(25)22(17)31-2)19-15-8-7-12-5-3-4-6-14(12)21(15)32-23(27)20(19)24-28-18(11-26)33-29-24/h4-11,20,28H,12,27H2,1-3H3;3-10,19H,11,27H2,1-2H3. The van der Waals surface area contributed by atoms with Crippen LogP contribution in [-0.2, 0) is 12.4 Å². The van der Waals surface area contributed by atoms with Crippen LogP contribution in [0.1, 0.15) is 57.5 Å². The molecule has 0 aliphatic carbocycles. The Kier molecular flexibility index (Phi) is 13.0. The molecule has 0 saturated carbocycles. The van der Waals surface area contributed by atoms with E-state index < -0.39 is 0 Å². The van der Waals surface area contributed by atoms with Crippen LogP contribution in [0.3, 0.4) is 0 Å². The first-order valence-electron chi connectivity index (χ1n) is 20.7. The highest BCUT2D eigenvalue weighted by Crippen LogP contribution is 2.52. The zero-order valence-corrected chi connectivity index (χ0v) is 40.6. The smallest absolute Gasteiger partial charge is 0.241 e. The monoisotopic (exact) mass is 1050 g/mol. The van der Waals surface area contributed by atoms with Gasteiger partial charge in [-0.1, -0.05) is 83.1 Å². The van der Waals surface area contributed by atoms with Gasteiger partial charge < -0.3 is 54.3 Å². The molecule has 10 rings (SSSR count). The second-order valence-corrected chi connectivity index (χ2v) is 17.2. The van der Waals surface area contributed by atoms with Gasteiger partial charge in [-0.05, 0) is 85.1 Å². The van der Waals surface area contributed by atoms with Crippen molar-refractivity contribution in [3.05, 3.63) is 163 Å². The highest BCUT2D eigenvalue weighted by atomic mass is 79.9. The lowest BCUT2D eigenvalue weighted by molar-refractivity contribution is 0.352. The van der Waals surface area contributed by atoms with Gasteiger partial charge >= 0.3 is 0 Å². The molecule has 342 valence electrons. The van der Waals surface area contributed by atoms with E-state index in [1.165, 1.54) is 0 Å². The van der Waals surface area contributed by atoms with Crippen molar-refractivity contribution in [2.24, 2.45) is 11.5 Å². The van der Waals surface area contributed by atoms with Crippen LogP contribution >= 0.6 is 43.5 Å². The van der Waals surface area contributed by atoms with Crippen molar-refractivity contribution in [1.82, 2.24) is 25.6 Å². The zero-order valence-electron chi connectivity index (χ0n) is 36.6. The van der Waals surface area contributed by atoms with Gasteiger partial charge in [0.05, 0.1) is 55.1 Å². The topological polar surface area (TPSA) is 197 Å². The second-order valence-electron chi connectivity index (χ2n) is 15.2. The van der Waals surface area contributed by atoms with Crippen molar-refractivity contribution in [3.63, 3.8) is 0 Å². The predicted octanol–water partition coefficient (Wildman–Crippen LogP) is 10.2. The first kappa shape index (κ1) is 45.4. The number of hydrogen-bond acceptors (Lipinski definition) is 15. The minimum atomic E-state index is -0.366. The number of methoxy groups -OCH3 is 4. The number of aromatic nitrogens is 4. The molecule has 0 fully saturated rings. The Morgan fingerprint density at radius 1 is 0.612 bits per heavy atom. The number of rotatable bonds is 11. The van der Waals surface area contributed by atoms with E-state index in [2.05, 4.69) is 69.6 Å². The summed E-state index contributed by atoms with van der Waals surface area (Å²) in [7, 11) is 8.20. The third-order valence-corrected chi connectivity index (χ3v) is 12.8. The number of nitrogens with one attached hydrogen (secondary N) is 1. The molecular formula is C49H42Br2ClN7O8. The molecule has 5 N–H and O–H groups in total. The highest BCUT2D eigenvalue weighted by molar-refractivity contribution is 9.11. The number of allylic oxidation sites excluding steroid dienone is 2. The quantitative estimate of drug-likeness (QED) is 0.103. The maximum absolute atomic E-state index is 6.54. The lowest BCUT2D eigenvalue weighted by Gasteiger charge is -2.29. The summed E-state index contributed by atoms with van der Waals surface area (Å²) in [6.07, 6.45) is 0. The van der Waals surface area contributed by atoms with E-state index in [9.17, 15) is 0 Å². The molecule has 2 aromatic heterocycles. The van der Waals surface area contributed by atoms with Crippen molar-refractivity contribution < 1.29 is 37.5 Å². The SMILES string of the molecule is CNCc1nc(C2=C(N)Oc3c(ccc4ccccc34)C2c2cc(Br)c(OC)c(OC)c2)no1.COc1cc(C2C(c3noc(CCl)n3)=C(N)Oc3c2ccc2ccccc32)cc(Br)c1OC. The first-order chi connectivity index (χ1) is 32.6. The van der Waals surface area contributed by atoms with Crippen molar-refractivity contribution in [3.8, 4) is 34.5 Å². The summed E-state index contributed by atoms with van der Waals surface area (Å²) in [4.78, 5) is 8.98. The number of ether oxygens (including phenoxy) is 6. The number of halogens is 3. The molecule has 4 heterocycles. The minimum Gasteiger partial charge on any atom is -0.493 e. The van der Waals surface area contributed by atoms with Gasteiger partial charge in [0.25, 0.3) is 0 Å². The van der Waals surface area contributed by atoms with Crippen LogP contribution in [0.15, 0.2) is 127 Å². The number of alkyl halides is 1. The number of nitrogens with two attached hydrogens (primary N) is 2. The van der Waals surface area contributed by atoms with E-state index in [1.807, 2.05) is 92.0 Å². The summed E-state index contributed by atoms with van der Waals surface area (Å²) in [5.41, 5.74) is 17.9. The Morgan fingerprint density at radius 3 is 1.48 bits per heavy atom. The van der Waals surface area contributed by atoms with Crippen LogP contribution in [0.2, 0.25) is 0 Å². The van der Waals surface area contributed by atoms with Gasteiger partial charge in [0.2, 0.25) is 23.4 Å². The molecule has 0 radical (unpaired) electrons. The van der Waals surface area contributed by atoms with Crippen LogP contribution in [0.5, 0.6) is 34.5 Å². The molecule has 15 nitrogen and oxygen atoms in total. The number of nitrogens with zero attached hydrogens (tertiary/aromatic N) is 4. The van der Waals surface area contributed by atoms with Crippen molar-refractivity contribution in [2.45, 2.75) is 24.3 Å². The summed E-state index contributed by atoms with van der Waals surface area (Å²) in [5, 5.41) is 15.4. The summed E-state index contributed by atoms with van der Waals surface area (Å²) in [6, 6.07) is 32.0. The van der Waals surface area contributed by atoms with E-state index in [0.29, 0.717) is 75.6 Å². The van der Waals surface area contributed by atoms with Crippen LogP contribution < -0.4 is 45.2 Å². The molecule has 0 spiro atoms. The largest absolute Gasteiger partial charge is 0.493 e. The Labute approximate surface area is 406 Å². The predicted molar refractivity (Wildman–Crippen MR) is 260 cm³/mol. The van der Waals surface area contributed by atoms with Gasteiger partial charge in [0, 0.05) is 33.7 Å². The highest BCUT2D eigenvalue weighted by Gasteiger charge is 2.38. The summed E-state index contributed by atoms with van der Waals surface area (Å²) >= 11 is 13.1. The van der Waals surface area contributed by atoms with E-state index in [1.54, 1.807) is 28.4 Å². The molecule has 0 amide bonds. The van der Waals surface area contributed by atoms with Crippen LogP contribution in [0.4, 0.5) is 0 Å². The molecule has 0 bridgehead atoms. The molecule has 2 aliphatic rings. The lowest BCUT2D eigenvalue weighted by Crippen LogP contribution is -2.22. The average molecular weight is 1050 g/mol. The van der Waals surface area contributed by atoms with Crippen LogP contribution in [-0.4, -0.2) is 55.8 Å². The number of benzene rings is 6. The van der Waals surface area contributed by atoms with Gasteiger partial charge in [-0.15, -0.1) is 11.6 Å². The maximum Gasteiger partial charge on any atom is 0.241 e. The fourth-order valence-electron chi connectivity index (χ4n) is 8.51. The molecule has 6 aromatic carbocycles. The fraction of sp³-hybridized carbons (Fsp3) is 0.184. The van der Waals surface area contributed by atoms with Crippen molar-refractivity contribution >= 4 is 76.2 Å². The molecule has 0 saturated heterocycles. The Balaban J connectivity index is 0.000000168.